The molecule has 0 bridgehead atoms. The van der Waals surface area contributed by atoms with Crippen molar-refractivity contribution in [2.45, 2.75) is 6.61 Å². The van der Waals surface area contributed by atoms with Crippen molar-refractivity contribution in [3.8, 4) is 5.88 Å². The van der Waals surface area contributed by atoms with Crippen LogP contribution in [-0.4, -0.2) is 52.3 Å². The molecule has 1 aromatic carbocycles. The molecule has 172 valence electrons. The zero-order chi connectivity index (χ0) is 23.3. The summed E-state index contributed by atoms with van der Waals surface area (Å²) in [5, 5.41) is 1.88. The molecular weight excluding hydrogens is 452 g/mol. The number of ether oxygens (including phenoxy) is 1. The number of piperazine rings is 1. The molecule has 0 aliphatic carbocycles. The molecule has 9 nitrogen and oxygen atoms in total. The van der Waals surface area contributed by atoms with Gasteiger partial charge in [0.2, 0.25) is 11.8 Å². The van der Waals surface area contributed by atoms with Crippen molar-refractivity contribution in [1.29, 1.82) is 0 Å². The quantitative estimate of drug-likeness (QED) is 0.540. The van der Waals surface area contributed by atoms with Gasteiger partial charge in [-0.2, -0.15) is 4.98 Å². The number of carbonyl (C=O) groups is 2. The van der Waals surface area contributed by atoms with Crippen LogP contribution >= 0.6 is 11.8 Å². The number of amides is 2. The first-order chi connectivity index (χ1) is 16.6. The number of rotatable bonds is 6. The second-order valence-corrected chi connectivity index (χ2v) is 8.76. The minimum atomic E-state index is -0.424. The Labute approximate surface area is 200 Å². The lowest BCUT2D eigenvalue weighted by Crippen LogP contribution is -2.47. The van der Waals surface area contributed by atoms with Crippen molar-refractivity contribution in [2.24, 2.45) is 0 Å². The van der Waals surface area contributed by atoms with Crippen molar-refractivity contribution in [2.75, 3.05) is 36.0 Å². The van der Waals surface area contributed by atoms with E-state index < -0.39 is 11.1 Å². The van der Waals surface area contributed by atoms with Crippen LogP contribution in [-0.2, 0) is 11.4 Å². The molecule has 3 aromatic rings. The summed E-state index contributed by atoms with van der Waals surface area (Å²) in [6.07, 6.45) is 5.22. The maximum atomic E-state index is 12.0. The third-order valence-electron chi connectivity index (χ3n) is 5.43. The highest BCUT2D eigenvalue weighted by molar-refractivity contribution is 8.18. The fraction of sp³-hybridized carbons (Fsp3) is 0.208. The normalized spacial score (nSPS) is 17.2. The number of hydrogen-bond acceptors (Lipinski definition) is 9. The molecule has 2 aliphatic heterocycles. The van der Waals surface area contributed by atoms with Gasteiger partial charge < -0.3 is 14.5 Å². The van der Waals surface area contributed by atoms with Crippen LogP contribution in [0.1, 0.15) is 11.3 Å². The summed E-state index contributed by atoms with van der Waals surface area (Å²) >= 11 is 0.858. The van der Waals surface area contributed by atoms with Gasteiger partial charge in [0.1, 0.15) is 6.61 Å². The van der Waals surface area contributed by atoms with Gasteiger partial charge in [-0.05, 0) is 35.5 Å². The Morgan fingerprint density at radius 3 is 2.50 bits per heavy atom. The summed E-state index contributed by atoms with van der Waals surface area (Å²) in [4.78, 5) is 41.7. The third-order valence-corrected chi connectivity index (χ3v) is 6.25. The van der Waals surface area contributed by atoms with Crippen LogP contribution in [0.4, 0.5) is 16.4 Å². The van der Waals surface area contributed by atoms with Gasteiger partial charge in [-0.1, -0.05) is 30.3 Å². The van der Waals surface area contributed by atoms with Gasteiger partial charge in [-0.15, -0.1) is 0 Å². The van der Waals surface area contributed by atoms with Crippen molar-refractivity contribution >= 4 is 40.6 Å². The number of aromatic nitrogens is 3. The number of benzene rings is 1. The molecule has 2 amide bonds. The summed E-state index contributed by atoms with van der Waals surface area (Å²) in [7, 11) is 0. The molecule has 0 atom stereocenters. The van der Waals surface area contributed by atoms with Gasteiger partial charge in [0.15, 0.2) is 0 Å². The lowest BCUT2D eigenvalue weighted by Gasteiger charge is -2.36. The standard InChI is InChI=1S/C24H22N6O3S/c31-22-20(34-24(32)28-22)13-18-14-21(33-16-17-5-2-1-3-6-17)27-23(26-18)30-11-9-29(10-12-30)19-7-4-8-25-15-19/h1-8,13-15H,9-12,16H2,(H,28,31,32)/b20-13-. The van der Waals surface area contributed by atoms with E-state index >= 15 is 0 Å². The maximum Gasteiger partial charge on any atom is 0.290 e. The lowest BCUT2D eigenvalue weighted by molar-refractivity contribution is -0.115. The Balaban J connectivity index is 1.37. The fourth-order valence-corrected chi connectivity index (χ4v) is 4.38. The molecule has 4 heterocycles. The fourth-order valence-electron chi connectivity index (χ4n) is 3.71. The van der Waals surface area contributed by atoms with E-state index in [9.17, 15) is 9.59 Å². The highest BCUT2D eigenvalue weighted by atomic mass is 32.2. The Morgan fingerprint density at radius 2 is 1.79 bits per heavy atom. The molecule has 2 fully saturated rings. The second kappa shape index (κ2) is 9.92. The highest BCUT2D eigenvalue weighted by Gasteiger charge is 2.26. The molecule has 34 heavy (non-hydrogen) atoms. The van der Waals surface area contributed by atoms with Gasteiger partial charge >= 0.3 is 0 Å². The molecule has 2 aromatic heterocycles. The van der Waals surface area contributed by atoms with Crippen LogP contribution < -0.4 is 19.9 Å². The van der Waals surface area contributed by atoms with Crippen molar-refractivity contribution in [3.05, 3.63) is 77.1 Å². The van der Waals surface area contributed by atoms with Crippen LogP contribution in [0.5, 0.6) is 5.88 Å². The maximum absolute atomic E-state index is 12.0. The van der Waals surface area contributed by atoms with E-state index in [4.69, 9.17) is 4.74 Å². The Morgan fingerprint density at radius 1 is 1.00 bits per heavy atom. The number of nitrogens with one attached hydrogen (secondary N) is 1. The van der Waals surface area contributed by atoms with Gasteiger partial charge in [0, 0.05) is 38.4 Å². The van der Waals surface area contributed by atoms with E-state index in [1.54, 1.807) is 18.3 Å². The predicted octanol–water partition coefficient (Wildman–Crippen LogP) is 3.10. The van der Waals surface area contributed by atoms with E-state index in [1.165, 1.54) is 0 Å². The van der Waals surface area contributed by atoms with Crippen LogP contribution in [0.2, 0.25) is 0 Å². The Hall–Kier alpha value is -3.92. The Bertz CT molecular complexity index is 1210. The van der Waals surface area contributed by atoms with Gasteiger partial charge in [-0.25, -0.2) is 4.98 Å². The molecule has 0 unspecified atom stereocenters. The number of pyridine rings is 1. The summed E-state index contributed by atoms with van der Waals surface area (Å²) in [6, 6.07) is 15.5. The number of nitrogens with zero attached hydrogens (tertiary/aromatic N) is 5. The molecule has 0 radical (unpaired) electrons. The number of carbonyl (C=O) groups excluding carboxylic acids is 2. The highest BCUT2D eigenvalue weighted by Crippen LogP contribution is 2.27. The third kappa shape index (κ3) is 5.18. The molecule has 0 saturated carbocycles. The summed E-state index contributed by atoms with van der Waals surface area (Å²) in [5.41, 5.74) is 2.61. The summed E-state index contributed by atoms with van der Waals surface area (Å²) < 4.78 is 5.97. The number of thioether (sulfide) groups is 1. The summed E-state index contributed by atoms with van der Waals surface area (Å²) in [6.45, 7) is 3.40. The lowest BCUT2D eigenvalue weighted by atomic mass is 10.2. The molecule has 2 saturated heterocycles. The molecule has 1 N–H and O–H groups in total. The largest absolute Gasteiger partial charge is 0.473 e. The molecular formula is C24H22N6O3S. The number of hydrogen-bond donors (Lipinski definition) is 1. The van der Waals surface area contributed by atoms with E-state index in [2.05, 4.69) is 30.1 Å². The second-order valence-electron chi connectivity index (χ2n) is 7.74. The van der Waals surface area contributed by atoms with Crippen LogP contribution in [0.25, 0.3) is 6.08 Å². The van der Waals surface area contributed by atoms with Crippen LogP contribution in [0, 0.1) is 0 Å². The first kappa shape index (κ1) is 21.9. The van der Waals surface area contributed by atoms with Gasteiger partial charge in [0.25, 0.3) is 11.1 Å². The van der Waals surface area contributed by atoms with E-state index in [0.717, 1.165) is 49.2 Å². The number of anilines is 2. The Kier molecular flexibility index (Phi) is 6.39. The number of imide groups is 1. The molecule has 10 heteroatoms. The molecule has 2 aliphatic rings. The van der Waals surface area contributed by atoms with E-state index in [-0.39, 0.29) is 0 Å². The minimum Gasteiger partial charge on any atom is -0.473 e. The van der Waals surface area contributed by atoms with Crippen molar-refractivity contribution < 1.29 is 14.3 Å². The topological polar surface area (TPSA) is 101 Å². The van der Waals surface area contributed by atoms with Crippen LogP contribution in [0.15, 0.2) is 65.8 Å². The molecule has 0 spiro atoms. The zero-order valence-corrected chi connectivity index (χ0v) is 19.1. The molecule has 5 rings (SSSR count). The summed E-state index contributed by atoms with van der Waals surface area (Å²) in [5.74, 6) is 0.509. The monoisotopic (exact) mass is 474 g/mol. The van der Waals surface area contributed by atoms with E-state index in [1.807, 2.05) is 48.7 Å². The first-order valence-corrected chi connectivity index (χ1v) is 11.7. The smallest absolute Gasteiger partial charge is 0.290 e. The zero-order valence-electron chi connectivity index (χ0n) is 18.3. The van der Waals surface area contributed by atoms with Crippen molar-refractivity contribution in [3.63, 3.8) is 0 Å². The van der Waals surface area contributed by atoms with Gasteiger partial charge in [0.05, 0.1) is 22.5 Å². The van der Waals surface area contributed by atoms with Crippen molar-refractivity contribution in [1.82, 2.24) is 20.3 Å². The van der Waals surface area contributed by atoms with E-state index in [0.29, 0.717) is 29.0 Å². The average Bonchev–Trinajstić information content (AvgIpc) is 3.20. The predicted molar refractivity (Wildman–Crippen MR) is 131 cm³/mol. The van der Waals surface area contributed by atoms with Gasteiger partial charge in [-0.3, -0.25) is 19.9 Å². The average molecular weight is 475 g/mol. The first-order valence-electron chi connectivity index (χ1n) is 10.8. The minimum absolute atomic E-state index is 0.296. The SMILES string of the molecule is O=C1NC(=O)/C(=C/c2cc(OCc3ccccc3)nc(N3CCN(c4cccnc4)CC3)n2)S1. The van der Waals surface area contributed by atoms with Crippen LogP contribution in [0.3, 0.4) is 0 Å².